The maximum atomic E-state index is 12.9. The molecule has 24 heavy (non-hydrogen) atoms. The van der Waals surface area contributed by atoms with Crippen LogP contribution >= 0.6 is 0 Å². The van der Waals surface area contributed by atoms with Crippen LogP contribution in [0.25, 0.3) is 0 Å². The van der Waals surface area contributed by atoms with Crippen molar-refractivity contribution in [2.75, 3.05) is 25.5 Å². The van der Waals surface area contributed by atoms with E-state index >= 15 is 0 Å². The van der Waals surface area contributed by atoms with Gasteiger partial charge in [-0.05, 0) is 49.9 Å². The molecule has 0 spiro atoms. The lowest BCUT2D eigenvalue weighted by Gasteiger charge is -2.37. The van der Waals surface area contributed by atoms with Crippen molar-refractivity contribution in [3.05, 3.63) is 30.1 Å². The van der Waals surface area contributed by atoms with E-state index in [1.807, 2.05) is 0 Å². The van der Waals surface area contributed by atoms with Crippen LogP contribution < -0.4 is 5.32 Å². The quantitative estimate of drug-likeness (QED) is 0.824. The van der Waals surface area contributed by atoms with Crippen molar-refractivity contribution in [3.63, 3.8) is 0 Å². The number of rotatable bonds is 4. The third kappa shape index (κ3) is 3.87. The van der Waals surface area contributed by atoms with Gasteiger partial charge in [-0.3, -0.25) is 9.69 Å². The van der Waals surface area contributed by atoms with Crippen molar-refractivity contribution in [1.82, 2.24) is 4.90 Å². The summed E-state index contributed by atoms with van der Waals surface area (Å²) < 4.78 is 17.8. The smallest absolute Gasteiger partial charge is 0.308 e. The number of aliphatic hydroxyl groups excluding tert-OH is 1. The first-order valence-electron chi connectivity index (χ1n) is 8.59. The maximum Gasteiger partial charge on any atom is 0.308 e. The molecule has 3 atom stereocenters. The third-order valence-corrected chi connectivity index (χ3v) is 5.24. The number of nitrogens with one attached hydrogen (secondary N) is 1. The van der Waals surface area contributed by atoms with E-state index in [1.165, 1.54) is 19.2 Å². The first-order chi connectivity index (χ1) is 11.6. The maximum absolute atomic E-state index is 12.9. The van der Waals surface area contributed by atoms with Crippen LogP contribution in [-0.4, -0.2) is 54.4 Å². The molecule has 5 nitrogen and oxygen atoms in total. The topological polar surface area (TPSA) is 61.8 Å². The van der Waals surface area contributed by atoms with Crippen molar-refractivity contribution in [2.24, 2.45) is 5.92 Å². The van der Waals surface area contributed by atoms with Crippen molar-refractivity contribution < 1.29 is 19.0 Å². The van der Waals surface area contributed by atoms with E-state index in [4.69, 9.17) is 4.74 Å². The molecular formula is C18H25FN2O3. The molecule has 132 valence electrons. The molecule has 2 aliphatic rings. The molecule has 2 N–H and O–H groups in total. The first-order valence-corrected chi connectivity index (χ1v) is 8.59. The van der Waals surface area contributed by atoms with Crippen LogP contribution in [0, 0.1) is 11.7 Å². The molecule has 3 rings (SSSR count). The summed E-state index contributed by atoms with van der Waals surface area (Å²) in [7, 11) is 1.40. The zero-order chi connectivity index (χ0) is 17.1. The van der Waals surface area contributed by atoms with Gasteiger partial charge in [0, 0.05) is 30.9 Å². The number of esters is 1. The van der Waals surface area contributed by atoms with Gasteiger partial charge in [-0.2, -0.15) is 0 Å². The number of benzene rings is 1. The minimum Gasteiger partial charge on any atom is -0.469 e. The number of hydrogen-bond acceptors (Lipinski definition) is 5. The fourth-order valence-corrected chi connectivity index (χ4v) is 3.90. The lowest BCUT2D eigenvalue weighted by molar-refractivity contribution is -0.145. The fourth-order valence-electron chi connectivity index (χ4n) is 3.90. The SMILES string of the molecule is COC(=O)[C@H]1C[C@@H](N2CCC(Nc3ccc(F)cc3)CC2)[C@@H](O)C1. The predicted octanol–water partition coefficient (Wildman–Crippen LogP) is 2.01. The second-order valence-electron chi connectivity index (χ2n) is 6.79. The van der Waals surface area contributed by atoms with Gasteiger partial charge < -0.3 is 15.2 Å². The van der Waals surface area contributed by atoms with E-state index in [0.717, 1.165) is 31.6 Å². The summed E-state index contributed by atoms with van der Waals surface area (Å²) in [4.78, 5) is 14.0. The molecule has 0 radical (unpaired) electrons. The number of ether oxygens (including phenoxy) is 1. The number of carbonyl (C=O) groups excluding carboxylic acids is 1. The number of piperidine rings is 1. The highest BCUT2D eigenvalue weighted by atomic mass is 19.1. The Morgan fingerprint density at radius 1 is 1.25 bits per heavy atom. The molecule has 1 saturated heterocycles. The molecule has 1 heterocycles. The Morgan fingerprint density at radius 3 is 2.54 bits per heavy atom. The van der Waals surface area contributed by atoms with Crippen molar-refractivity contribution in [2.45, 2.75) is 43.9 Å². The Labute approximate surface area is 141 Å². The Balaban J connectivity index is 1.50. The molecule has 1 saturated carbocycles. The summed E-state index contributed by atoms with van der Waals surface area (Å²) in [6.45, 7) is 1.77. The largest absolute Gasteiger partial charge is 0.469 e. The minimum absolute atomic E-state index is 0.0425. The van der Waals surface area contributed by atoms with Gasteiger partial charge in [-0.25, -0.2) is 4.39 Å². The first kappa shape index (κ1) is 17.2. The van der Waals surface area contributed by atoms with E-state index in [-0.39, 0.29) is 23.7 Å². The van der Waals surface area contributed by atoms with Gasteiger partial charge in [0.2, 0.25) is 0 Å². The molecule has 0 bridgehead atoms. The van der Waals surface area contributed by atoms with Crippen LogP contribution in [0.2, 0.25) is 0 Å². The van der Waals surface area contributed by atoms with Gasteiger partial charge in [-0.1, -0.05) is 0 Å². The molecule has 0 amide bonds. The lowest BCUT2D eigenvalue weighted by Crippen LogP contribution is -2.47. The van der Waals surface area contributed by atoms with Crippen molar-refractivity contribution in [1.29, 1.82) is 0 Å². The molecular weight excluding hydrogens is 311 g/mol. The monoisotopic (exact) mass is 336 g/mol. The Hall–Kier alpha value is -1.66. The Morgan fingerprint density at radius 2 is 1.92 bits per heavy atom. The van der Waals surface area contributed by atoms with Crippen LogP contribution in [0.4, 0.5) is 10.1 Å². The molecule has 6 heteroatoms. The highest BCUT2D eigenvalue weighted by Crippen LogP contribution is 2.32. The standard InChI is InChI=1S/C18H25FN2O3/c1-24-18(23)12-10-16(17(22)11-12)21-8-6-15(7-9-21)20-14-4-2-13(19)3-5-14/h2-5,12,15-17,20,22H,6-11H2,1H3/t12-,16+,17-/m0/s1. The number of nitrogens with zero attached hydrogens (tertiary/aromatic N) is 1. The van der Waals surface area contributed by atoms with Crippen LogP contribution in [0.1, 0.15) is 25.7 Å². The lowest BCUT2D eigenvalue weighted by atomic mass is 10.0. The normalized spacial score (nSPS) is 28.7. The molecule has 0 unspecified atom stereocenters. The number of aliphatic hydroxyl groups is 1. The minimum atomic E-state index is -0.462. The highest BCUT2D eigenvalue weighted by molar-refractivity contribution is 5.72. The second-order valence-corrected chi connectivity index (χ2v) is 6.79. The number of methoxy groups -OCH3 is 1. The van der Waals surface area contributed by atoms with Gasteiger partial charge >= 0.3 is 5.97 Å². The average molecular weight is 336 g/mol. The summed E-state index contributed by atoms with van der Waals surface area (Å²) in [5.41, 5.74) is 0.932. The van der Waals surface area contributed by atoms with Gasteiger partial charge in [0.15, 0.2) is 0 Å². The molecule has 1 aromatic rings. The van der Waals surface area contributed by atoms with Gasteiger partial charge in [0.25, 0.3) is 0 Å². The summed E-state index contributed by atoms with van der Waals surface area (Å²) in [6, 6.07) is 6.81. The van der Waals surface area contributed by atoms with Crippen molar-refractivity contribution >= 4 is 11.7 Å². The van der Waals surface area contributed by atoms with Gasteiger partial charge in [0.1, 0.15) is 5.82 Å². The second kappa shape index (κ2) is 7.49. The van der Waals surface area contributed by atoms with Crippen LogP contribution in [-0.2, 0) is 9.53 Å². The molecule has 1 aromatic carbocycles. The zero-order valence-corrected chi connectivity index (χ0v) is 14.0. The summed E-state index contributed by atoms with van der Waals surface area (Å²) in [5, 5.41) is 13.7. The number of hydrogen-bond donors (Lipinski definition) is 2. The van der Waals surface area contributed by atoms with E-state index < -0.39 is 6.10 Å². The average Bonchev–Trinajstić information content (AvgIpc) is 2.99. The number of carbonyl (C=O) groups is 1. The van der Waals surface area contributed by atoms with Gasteiger partial charge in [0.05, 0.1) is 19.1 Å². The summed E-state index contributed by atoms with van der Waals surface area (Å²) >= 11 is 0. The van der Waals surface area contributed by atoms with E-state index in [2.05, 4.69) is 10.2 Å². The Kier molecular flexibility index (Phi) is 5.36. The Bertz CT molecular complexity index is 558. The van der Waals surface area contributed by atoms with Crippen LogP contribution in [0.3, 0.4) is 0 Å². The van der Waals surface area contributed by atoms with E-state index in [9.17, 15) is 14.3 Å². The summed E-state index contributed by atoms with van der Waals surface area (Å²) in [5.74, 6) is -0.639. The van der Waals surface area contributed by atoms with Crippen molar-refractivity contribution in [3.8, 4) is 0 Å². The number of halogens is 1. The summed E-state index contributed by atoms with van der Waals surface area (Å²) in [6.07, 6.45) is 2.62. The van der Waals surface area contributed by atoms with E-state index in [1.54, 1.807) is 12.1 Å². The zero-order valence-electron chi connectivity index (χ0n) is 14.0. The predicted molar refractivity (Wildman–Crippen MR) is 89.2 cm³/mol. The molecule has 1 aliphatic carbocycles. The molecule has 2 fully saturated rings. The highest BCUT2D eigenvalue weighted by Gasteiger charge is 2.41. The van der Waals surface area contributed by atoms with E-state index in [0.29, 0.717) is 18.9 Å². The third-order valence-electron chi connectivity index (χ3n) is 5.24. The molecule has 0 aromatic heterocycles. The molecule has 1 aliphatic heterocycles. The number of likely N-dealkylation sites (tertiary alicyclic amines) is 1. The number of anilines is 1. The fraction of sp³-hybridized carbons (Fsp3) is 0.611. The van der Waals surface area contributed by atoms with Gasteiger partial charge in [-0.15, -0.1) is 0 Å². The van der Waals surface area contributed by atoms with Crippen LogP contribution in [0.5, 0.6) is 0 Å². The van der Waals surface area contributed by atoms with Crippen LogP contribution in [0.15, 0.2) is 24.3 Å².